The topological polar surface area (TPSA) is 101 Å². The zero-order valence-electron chi connectivity index (χ0n) is 19.7. The van der Waals surface area contributed by atoms with Crippen LogP contribution < -0.4 is 4.90 Å². The van der Waals surface area contributed by atoms with Crippen molar-refractivity contribution in [2.45, 2.75) is 38.1 Å². The predicted molar refractivity (Wildman–Crippen MR) is 136 cm³/mol. The second-order valence-electron chi connectivity index (χ2n) is 9.30. The van der Waals surface area contributed by atoms with Crippen molar-refractivity contribution < 1.29 is 19.6 Å². The Morgan fingerprint density at radius 2 is 1.56 bits per heavy atom. The van der Waals surface area contributed by atoms with Gasteiger partial charge in [-0.3, -0.25) is 24.6 Å². The Labute approximate surface area is 208 Å². The van der Waals surface area contributed by atoms with E-state index in [1.807, 2.05) is 48.5 Å². The summed E-state index contributed by atoms with van der Waals surface area (Å²) in [4.78, 5) is 39.3. The monoisotopic (exact) mass is 482 g/mol. The van der Waals surface area contributed by atoms with E-state index in [0.717, 1.165) is 43.2 Å². The molecule has 7 heteroatoms. The average Bonchev–Trinajstić information content (AvgIpc) is 3.19. The van der Waals surface area contributed by atoms with Crippen LogP contribution in [0.3, 0.4) is 0 Å². The summed E-state index contributed by atoms with van der Waals surface area (Å²) in [5, 5.41) is 22.2. The lowest BCUT2D eigenvalue weighted by atomic mass is 9.81. The van der Waals surface area contributed by atoms with Gasteiger partial charge in [0.1, 0.15) is 0 Å². The summed E-state index contributed by atoms with van der Waals surface area (Å²) >= 11 is 0. The van der Waals surface area contributed by atoms with E-state index in [4.69, 9.17) is 0 Å². The molecule has 1 aliphatic heterocycles. The van der Waals surface area contributed by atoms with Crippen LogP contribution in [0.15, 0.2) is 90.2 Å². The van der Waals surface area contributed by atoms with Gasteiger partial charge in [-0.1, -0.05) is 61.7 Å². The molecule has 0 radical (unpaired) electrons. The number of amides is 1. The number of Topliss-reactive ketones (excluding diaryl/α,β-unsaturated/α-hetero) is 1. The number of anilines is 1. The summed E-state index contributed by atoms with van der Waals surface area (Å²) in [5.74, 6) is -1.66. The summed E-state index contributed by atoms with van der Waals surface area (Å²) in [7, 11) is 0. The second kappa shape index (κ2) is 9.77. The number of hydrogen-bond acceptors (Lipinski definition) is 5. The molecule has 3 aromatic carbocycles. The molecule has 36 heavy (non-hydrogen) atoms. The molecule has 1 unspecified atom stereocenters. The Morgan fingerprint density at radius 3 is 2.22 bits per heavy atom. The van der Waals surface area contributed by atoms with Gasteiger partial charge in [0.25, 0.3) is 11.6 Å². The fraction of sp³-hybridized carbons (Fsp3) is 0.241. The van der Waals surface area contributed by atoms with Gasteiger partial charge in [0.2, 0.25) is 0 Å². The molecule has 182 valence electrons. The first kappa shape index (κ1) is 23.5. The Kier molecular flexibility index (Phi) is 6.38. The van der Waals surface area contributed by atoms with Crippen LogP contribution in [0, 0.1) is 16.0 Å². The first-order chi connectivity index (χ1) is 17.5. The molecule has 1 atom stereocenters. The van der Waals surface area contributed by atoms with Crippen LogP contribution in [-0.4, -0.2) is 21.7 Å². The third-order valence-electron chi connectivity index (χ3n) is 7.10. The minimum absolute atomic E-state index is 0.0749. The van der Waals surface area contributed by atoms with Crippen molar-refractivity contribution in [3.8, 4) is 11.1 Å². The maximum Gasteiger partial charge on any atom is 0.294 e. The molecule has 0 saturated heterocycles. The van der Waals surface area contributed by atoms with E-state index in [-0.39, 0.29) is 23.0 Å². The largest absolute Gasteiger partial charge is 0.503 e. The Hall–Kier alpha value is -4.26. The minimum atomic E-state index is -0.876. The van der Waals surface area contributed by atoms with Crippen LogP contribution in [-0.2, 0) is 9.59 Å². The standard InChI is InChI=1S/C29H26N2O5/c32-27(21-10-5-2-6-11-21)25-26(20-14-16-23(17-15-20)31(35)36)30(29(34)28(25)33)24-13-7-12-22(18-24)19-8-3-1-4-9-19/h1,3-4,7-9,12-18,21,26,33H,2,5-6,10-11H2. The molecule has 1 amide bonds. The molecular formula is C29H26N2O5. The molecule has 5 rings (SSSR count). The lowest BCUT2D eigenvalue weighted by Crippen LogP contribution is -2.32. The number of rotatable bonds is 6. The molecular weight excluding hydrogens is 456 g/mol. The van der Waals surface area contributed by atoms with E-state index in [9.17, 15) is 24.8 Å². The molecule has 7 nitrogen and oxygen atoms in total. The molecule has 1 heterocycles. The van der Waals surface area contributed by atoms with Crippen molar-refractivity contribution in [3.05, 3.63) is 106 Å². The maximum absolute atomic E-state index is 13.7. The van der Waals surface area contributed by atoms with E-state index in [2.05, 4.69) is 0 Å². The third kappa shape index (κ3) is 4.28. The fourth-order valence-corrected chi connectivity index (χ4v) is 5.27. The van der Waals surface area contributed by atoms with Crippen molar-refractivity contribution in [1.82, 2.24) is 0 Å². The quantitative estimate of drug-likeness (QED) is 0.328. The van der Waals surface area contributed by atoms with Gasteiger partial charge in [-0.05, 0) is 53.8 Å². The summed E-state index contributed by atoms with van der Waals surface area (Å²) in [6.45, 7) is 0. The van der Waals surface area contributed by atoms with Gasteiger partial charge in [0.15, 0.2) is 11.5 Å². The number of aliphatic hydroxyl groups is 1. The van der Waals surface area contributed by atoms with E-state index in [1.54, 1.807) is 18.2 Å². The molecule has 3 aromatic rings. The fourth-order valence-electron chi connectivity index (χ4n) is 5.27. The molecule has 1 aliphatic carbocycles. The summed E-state index contributed by atoms with van der Waals surface area (Å²) in [6.07, 6.45) is 4.38. The zero-order chi connectivity index (χ0) is 25.2. The Bertz CT molecular complexity index is 1340. The molecule has 1 N–H and O–H groups in total. The SMILES string of the molecule is O=C(C1=C(O)C(=O)N(c2cccc(-c3ccccc3)c2)C1c1ccc([N+](=O)[O-])cc1)C1CCCCC1. The normalized spacial score (nSPS) is 18.5. The molecule has 0 aromatic heterocycles. The number of nitro benzene ring substituents is 1. The smallest absolute Gasteiger partial charge is 0.294 e. The highest BCUT2D eigenvalue weighted by Gasteiger charge is 2.46. The maximum atomic E-state index is 13.7. The van der Waals surface area contributed by atoms with Crippen LogP contribution in [0.25, 0.3) is 11.1 Å². The molecule has 0 spiro atoms. The third-order valence-corrected chi connectivity index (χ3v) is 7.10. The Morgan fingerprint density at radius 1 is 0.889 bits per heavy atom. The first-order valence-electron chi connectivity index (χ1n) is 12.2. The zero-order valence-corrected chi connectivity index (χ0v) is 19.7. The van der Waals surface area contributed by atoms with Gasteiger partial charge in [0, 0.05) is 23.7 Å². The lowest BCUT2D eigenvalue weighted by molar-refractivity contribution is -0.384. The molecule has 0 bridgehead atoms. The number of aliphatic hydroxyl groups excluding tert-OH is 1. The van der Waals surface area contributed by atoms with E-state index in [1.165, 1.54) is 17.0 Å². The summed E-state index contributed by atoms with van der Waals surface area (Å²) in [5.41, 5.74) is 2.90. The molecule has 1 fully saturated rings. The summed E-state index contributed by atoms with van der Waals surface area (Å²) in [6, 6.07) is 22.0. The first-order valence-corrected chi connectivity index (χ1v) is 12.2. The van der Waals surface area contributed by atoms with Crippen molar-refractivity contribution in [3.63, 3.8) is 0 Å². The van der Waals surface area contributed by atoms with E-state index >= 15 is 0 Å². The van der Waals surface area contributed by atoms with Crippen LogP contribution in [0.2, 0.25) is 0 Å². The van der Waals surface area contributed by atoms with Crippen LogP contribution in [0.1, 0.15) is 43.7 Å². The highest BCUT2D eigenvalue weighted by Crippen LogP contribution is 2.44. The number of benzene rings is 3. The van der Waals surface area contributed by atoms with Crippen molar-refractivity contribution in [2.75, 3.05) is 4.90 Å². The highest BCUT2D eigenvalue weighted by atomic mass is 16.6. The number of hydrogen-bond donors (Lipinski definition) is 1. The van der Waals surface area contributed by atoms with E-state index in [0.29, 0.717) is 11.3 Å². The van der Waals surface area contributed by atoms with Crippen LogP contribution in [0.4, 0.5) is 11.4 Å². The predicted octanol–water partition coefficient (Wildman–Crippen LogP) is 6.31. The number of nitro groups is 1. The number of carbonyl (C=O) groups is 2. The van der Waals surface area contributed by atoms with Gasteiger partial charge in [-0.2, -0.15) is 0 Å². The second-order valence-corrected chi connectivity index (χ2v) is 9.30. The number of nitrogens with zero attached hydrogens (tertiary/aromatic N) is 2. The van der Waals surface area contributed by atoms with Crippen molar-refractivity contribution >= 4 is 23.1 Å². The number of ketones is 1. The molecule has 1 saturated carbocycles. The number of carbonyl (C=O) groups excluding carboxylic acids is 2. The van der Waals surface area contributed by atoms with Gasteiger partial charge in [-0.25, -0.2) is 0 Å². The van der Waals surface area contributed by atoms with Crippen molar-refractivity contribution in [1.29, 1.82) is 0 Å². The van der Waals surface area contributed by atoms with E-state index < -0.39 is 22.6 Å². The van der Waals surface area contributed by atoms with Gasteiger partial charge >= 0.3 is 0 Å². The van der Waals surface area contributed by atoms with Gasteiger partial charge in [0.05, 0.1) is 16.5 Å². The minimum Gasteiger partial charge on any atom is -0.503 e. The molecule has 2 aliphatic rings. The highest BCUT2D eigenvalue weighted by molar-refractivity contribution is 6.17. The van der Waals surface area contributed by atoms with Crippen molar-refractivity contribution in [2.24, 2.45) is 5.92 Å². The number of non-ortho nitro benzene ring substituents is 1. The van der Waals surface area contributed by atoms with Crippen LogP contribution in [0.5, 0.6) is 0 Å². The Balaban J connectivity index is 1.61. The van der Waals surface area contributed by atoms with Crippen LogP contribution >= 0.6 is 0 Å². The average molecular weight is 483 g/mol. The summed E-state index contributed by atoms with van der Waals surface area (Å²) < 4.78 is 0. The lowest BCUT2D eigenvalue weighted by Gasteiger charge is -2.29. The van der Waals surface area contributed by atoms with Gasteiger partial charge < -0.3 is 5.11 Å². The van der Waals surface area contributed by atoms with Gasteiger partial charge in [-0.15, -0.1) is 0 Å².